The second-order valence-corrected chi connectivity index (χ2v) is 4.64. The van der Waals surface area contributed by atoms with Crippen molar-refractivity contribution >= 4 is 34.9 Å². The number of para-hydroxylation sites is 1. The molecule has 0 spiro atoms. The van der Waals surface area contributed by atoms with Crippen molar-refractivity contribution in [3.8, 4) is 0 Å². The van der Waals surface area contributed by atoms with Gasteiger partial charge < -0.3 is 15.8 Å². The molecular weight excluding hydrogens is 292 g/mol. The predicted molar refractivity (Wildman–Crippen MR) is 81.2 cm³/mol. The SMILES string of the molecule is Nc1cccc(C(=O)OCC(=O)Nc2ccccc2Cl)c1. The van der Waals surface area contributed by atoms with E-state index in [0.717, 1.165) is 0 Å². The van der Waals surface area contributed by atoms with Crippen molar-refractivity contribution in [2.75, 3.05) is 17.7 Å². The van der Waals surface area contributed by atoms with Crippen molar-refractivity contribution in [2.45, 2.75) is 0 Å². The number of ether oxygens (including phenoxy) is 1. The zero-order valence-corrected chi connectivity index (χ0v) is 11.8. The van der Waals surface area contributed by atoms with Crippen molar-refractivity contribution in [3.05, 3.63) is 59.1 Å². The molecule has 0 radical (unpaired) electrons. The van der Waals surface area contributed by atoms with E-state index in [9.17, 15) is 9.59 Å². The lowest BCUT2D eigenvalue weighted by Crippen LogP contribution is -2.21. The molecule has 0 bridgehead atoms. The minimum atomic E-state index is -0.614. The van der Waals surface area contributed by atoms with Crippen molar-refractivity contribution < 1.29 is 14.3 Å². The van der Waals surface area contributed by atoms with Gasteiger partial charge >= 0.3 is 5.97 Å². The molecule has 0 aliphatic carbocycles. The van der Waals surface area contributed by atoms with Gasteiger partial charge in [0.05, 0.1) is 16.3 Å². The summed E-state index contributed by atoms with van der Waals surface area (Å²) in [7, 11) is 0. The predicted octanol–water partition coefficient (Wildman–Crippen LogP) is 2.72. The molecule has 0 atom stereocenters. The summed E-state index contributed by atoms with van der Waals surface area (Å²) in [4.78, 5) is 23.4. The van der Waals surface area contributed by atoms with E-state index in [2.05, 4.69) is 5.32 Å². The van der Waals surface area contributed by atoms with E-state index in [1.807, 2.05) is 0 Å². The van der Waals surface area contributed by atoms with Gasteiger partial charge in [-0.05, 0) is 30.3 Å². The highest BCUT2D eigenvalue weighted by Gasteiger charge is 2.11. The number of hydrogen-bond acceptors (Lipinski definition) is 4. The Hall–Kier alpha value is -2.53. The third kappa shape index (κ3) is 4.22. The summed E-state index contributed by atoms with van der Waals surface area (Å²) < 4.78 is 4.91. The number of halogens is 1. The Morgan fingerprint density at radius 2 is 1.90 bits per heavy atom. The van der Waals surface area contributed by atoms with Crippen LogP contribution >= 0.6 is 11.6 Å². The molecule has 1 amide bonds. The van der Waals surface area contributed by atoms with E-state index in [0.29, 0.717) is 22.0 Å². The number of amides is 1. The Morgan fingerprint density at radius 3 is 2.62 bits per heavy atom. The minimum absolute atomic E-state index is 0.292. The lowest BCUT2D eigenvalue weighted by atomic mass is 10.2. The lowest BCUT2D eigenvalue weighted by molar-refractivity contribution is -0.119. The van der Waals surface area contributed by atoms with Crippen molar-refractivity contribution in [1.29, 1.82) is 0 Å². The van der Waals surface area contributed by atoms with E-state index in [4.69, 9.17) is 22.1 Å². The van der Waals surface area contributed by atoms with Crippen LogP contribution in [0.1, 0.15) is 10.4 Å². The Morgan fingerprint density at radius 1 is 1.14 bits per heavy atom. The second-order valence-electron chi connectivity index (χ2n) is 4.23. The molecule has 0 aliphatic rings. The number of carbonyl (C=O) groups is 2. The number of rotatable bonds is 4. The zero-order valence-electron chi connectivity index (χ0n) is 11.0. The van der Waals surface area contributed by atoms with Crippen LogP contribution in [-0.4, -0.2) is 18.5 Å². The molecule has 0 aliphatic heterocycles. The monoisotopic (exact) mass is 304 g/mol. The molecule has 2 aromatic carbocycles. The third-order valence-electron chi connectivity index (χ3n) is 2.60. The summed E-state index contributed by atoms with van der Waals surface area (Å²) in [6.45, 7) is -0.404. The number of nitrogens with one attached hydrogen (secondary N) is 1. The van der Waals surface area contributed by atoms with Crippen LogP contribution in [0.25, 0.3) is 0 Å². The van der Waals surface area contributed by atoms with Crippen LogP contribution in [-0.2, 0) is 9.53 Å². The van der Waals surface area contributed by atoms with Crippen molar-refractivity contribution in [2.24, 2.45) is 0 Å². The van der Waals surface area contributed by atoms with E-state index in [1.165, 1.54) is 6.07 Å². The van der Waals surface area contributed by atoms with Gasteiger partial charge in [0.25, 0.3) is 5.91 Å². The van der Waals surface area contributed by atoms with Gasteiger partial charge in [0.1, 0.15) is 0 Å². The van der Waals surface area contributed by atoms with E-state index in [1.54, 1.807) is 42.5 Å². The number of carbonyl (C=O) groups excluding carboxylic acids is 2. The number of benzene rings is 2. The van der Waals surface area contributed by atoms with E-state index in [-0.39, 0.29) is 0 Å². The number of esters is 1. The number of nitrogens with two attached hydrogens (primary N) is 1. The zero-order chi connectivity index (χ0) is 15.2. The van der Waals surface area contributed by atoms with Crippen LogP contribution in [0.15, 0.2) is 48.5 Å². The first kappa shape index (κ1) is 14.9. The summed E-state index contributed by atoms with van der Waals surface area (Å²) in [5.74, 6) is -1.09. The maximum Gasteiger partial charge on any atom is 0.338 e. The van der Waals surface area contributed by atoms with E-state index >= 15 is 0 Å². The van der Waals surface area contributed by atoms with E-state index < -0.39 is 18.5 Å². The summed E-state index contributed by atoms with van der Waals surface area (Å²) in [5, 5.41) is 2.97. The molecule has 2 rings (SSSR count). The van der Waals surface area contributed by atoms with Crippen LogP contribution in [0, 0.1) is 0 Å². The quantitative estimate of drug-likeness (QED) is 0.672. The van der Waals surface area contributed by atoms with Gasteiger partial charge in [0.2, 0.25) is 0 Å². The van der Waals surface area contributed by atoms with Gasteiger partial charge in [-0.3, -0.25) is 4.79 Å². The van der Waals surface area contributed by atoms with Gasteiger partial charge in [0, 0.05) is 5.69 Å². The van der Waals surface area contributed by atoms with Gasteiger partial charge in [0.15, 0.2) is 6.61 Å². The molecule has 3 N–H and O–H groups in total. The van der Waals surface area contributed by atoms with Crippen LogP contribution in [0.3, 0.4) is 0 Å². The first-order valence-electron chi connectivity index (χ1n) is 6.13. The standard InChI is InChI=1S/C15H13ClN2O3/c16-12-6-1-2-7-13(12)18-14(19)9-21-15(20)10-4-3-5-11(17)8-10/h1-8H,9,17H2,(H,18,19). The first-order chi connectivity index (χ1) is 10.1. The van der Waals surface area contributed by atoms with Crippen LogP contribution in [0.2, 0.25) is 5.02 Å². The van der Waals surface area contributed by atoms with Gasteiger partial charge in [-0.2, -0.15) is 0 Å². The molecule has 108 valence electrons. The fourth-order valence-electron chi connectivity index (χ4n) is 1.63. The molecule has 0 saturated heterocycles. The molecule has 6 heteroatoms. The maximum absolute atomic E-state index is 11.7. The number of hydrogen-bond donors (Lipinski definition) is 2. The molecular formula is C15H13ClN2O3. The molecule has 21 heavy (non-hydrogen) atoms. The fourth-order valence-corrected chi connectivity index (χ4v) is 1.81. The van der Waals surface area contributed by atoms with Crippen molar-refractivity contribution in [3.63, 3.8) is 0 Å². The number of anilines is 2. The average molecular weight is 305 g/mol. The van der Waals surface area contributed by atoms with Crippen LogP contribution in [0.5, 0.6) is 0 Å². The normalized spacial score (nSPS) is 9.95. The molecule has 0 saturated carbocycles. The van der Waals surface area contributed by atoms with Gasteiger partial charge in [-0.15, -0.1) is 0 Å². The molecule has 0 fully saturated rings. The summed E-state index contributed by atoms with van der Waals surface area (Å²) in [5.41, 5.74) is 6.77. The molecule has 2 aromatic rings. The largest absolute Gasteiger partial charge is 0.452 e. The lowest BCUT2D eigenvalue weighted by Gasteiger charge is -2.08. The Bertz CT molecular complexity index is 673. The highest BCUT2D eigenvalue weighted by Crippen LogP contribution is 2.20. The number of nitrogen functional groups attached to an aromatic ring is 1. The van der Waals surface area contributed by atoms with Gasteiger partial charge in [-0.1, -0.05) is 29.8 Å². The molecule has 0 heterocycles. The van der Waals surface area contributed by atoms with Crippen molar-refractivity contribution in [1.82, 2.24) is 0 Å². The topological polar surface area (TPSA) is 81.4 Å². The maximum atomic E-state index is 11.7. The minimum Gasteiger partial charge on any atom is -0.452 e. The average Bonchev–Trinajstić information content (AvgIpc) is 2.47. The summed E-state index contributed by atoms with van der Waals surface area (Å²) >= 11 is 5.91. The van der Waals surface area contributed by atoms with Crippen LogP contribution < -0.4 is 11.1 Å². The third-order valence-corrected chi connectivity index (χ3v) is 2.93. The highest BCUT2D eigenvalue weighted by molar-refractivity contribution is 6.33. The first-order valence-corrected chi connectivity index (χ1v) is 6.51. The fraction of sp³-hybridized carbons (Fsp3) is 0.0667. The Kier molecular flexibility index (Phi) is 4.79. The summed E-state index contributed by atoms with van der Waals surface area (Å²) in [6.07, 6.45) is 0. The molecule has 0 aromatic heterocycles. The second kappa shape index (κ2) is 6.76. The molecule has 0 unspecified atom stereocenters. The molecule has 5 nitrogen and oxygen atoms in total. The smallest absolute Gasteiger partial charge is 0.338 e. The Balaban J connectivity index is 1.90. The Labute approximate surface area is 126 Å². The highest BCUT2D eigenvalue weighted by atomic mass is 35.5. The summed E-state index contributed by atoms with van der Waals surface area (Å²) in [6, 6.07) is 13.1. The van der Waals surface area contributed by atoms with Gasteiger partial charge in [-0.25, -0.2) is 4.79 Å². The van der Waals surface area contributed by atoms with Crippen LogP contribution in [0.4, 0.5) is 11.4 Å².